The Hall–Kier alpha value is -1.93. The van der Waals surface area contributed by atoms with Gasteiger partial charge in [-0.25, -0.2) is 9.97 Å². The molecule has 124 valence electrons. The second-order valence-corrected chi connectivity index (χ2v) is 8.21. The highest BCUT2D eigenvalue weighted by molar-refractivity contribution is 8.00. The quantitative estimate of drug-likeness (QED) is 0.566. The first-order valence-corrected chi connectivity index (χ1v) is 9.47. The predicted molar refractivity (Wildman–Crippen MR) is 94.6 cm³/mol. The minimum atomic E-state index is -0.301. The Kier molecular flexibility index (Phi) is 4.01. The number of thioether (sulfide) groups is 1. The van der Waals surface area contributed by atoms with Crippen LogP contribution in [0.2, 0.25) is 0 Å². The van der Waals surface area contributed by atoms with Crippen molar-refractivity contribution in [1.29, 1.82) is 0 Å². The van der Waals surface area contributed by atoms with E-state index in [2.05, 4.69) is 20.4 Å². The highest BCUT2D eigenvalue weighted by Gasteiger charge is 2.24. The lowest BCUT2D eigenvalue weighted by Gasteiger charge is -2.10. The van der Waals surface area contributed by atoms with Crippen molar-refractivity contribution < 1.29 is 9.32 Å². The van der Waals surface area contributed by atoms with Crippen LogP contribution in [0.5, 0.6) is 0 Å². The van der Waals surface area contributed by atoms with Crippen molar-refractivity contribution in [1.82, 2.24) is 15.1 Å². The van der Waals surface area contributed by atoms with Gasteiger partial charge in [0, 0.05) is 16.3 Å². The molecular weight excluding hydrogens is 344 g/mol. The van der Waals surface area contributed by atoms with E-state index in [0.717, 1.165) is 33.8 Å². The van der Waals surface area contributed by atoms with Crippen molar-refractivity contribution in [2.45, 2.75) is 43.4 Å². The number of hydrogen-bond donors (Lipinski definition) is 1. The van der Waals surface area contributed by atoms with Gasteiger partial charge >= 0.3 is 0 Å². The molecule has 6 nitrogen and oxygen atoms in total. The van der Waals surface area contributed by atoms with Gasteiger partial charge in [0.05, 0.1) is 10.9 Å². The number of hydrogen-bond acceptors (Lipinski definition) is 7. The summed E-state index contributed by atoms with van der Waals surface area (Å²) in [5.74, 6) is 0.240. The summed E-state index contributed by atoms with van der Waals surface area (Å²) < 4.78 is 5.04. The van der Waals surface area contributed by atoms with Gasteiger partial charge in [-0.1, -0.05) is 16.9 Å². The number of aryl methyl sites for hydroxylation is 3. The Bertz CT molecular complexity index is 918. The Morgan fingerprint density at radius 2 is 2.29 bits per heavy atom. The third-order valence-corrected chi connectivity index (χ3v) is 6.30. The molecular formula is C16H16N4O2S2. The summed E-state index contributed by atoms with van der Waals surface area (Å²) in [6, 6.07) is 1.70. The first kappa shape index (κ1) is 15.6. The molecule has 4 rings (SSSR count). The normalized spacial score (nSPS) is 14.8. The third kappa shape index (κ3) is 2.80. The number of nitrogens with one attached hydrogen (secondary N) is 1. The number of carbonyl (C=O) groups is 1. The van der Waals surface area contributed by atoms with Crippen LogP contribution >= 0.6 is 23.1 Å². The summed E-state index contributed by atoms with van der Waals surface area (Å²) in [6.45, 7) is 3.68. The Balaban J connectivity index is 1.56. The monoisotopic (exact) mass is 360 g/mol. The fourth-order valence-electron chi connectivity index (χ4n) is 2.86. The molecule has 0 bridgehead atoms. The number of rotatable bonds is 4. The SMILES string of the molecule is Cc1cc(NC(=O)C(C)Sc2ncnc3sc4c(c23)CCC4)on1. The van der Waals surface area contributed by atoms with E-state index >= 15 is 0 Å². The summed E-state index contributed by atoms with van der Waals surface area (Å²) in [5.41, 5.74) is 2.11. The fraction of sp³-hybridized carbons (Fsp3) is 0.375. The standard InChI is InChI=1S/C16H16N4O2S2/c1-8-6-12(22-20-8)19-14(21)9(2)23-15-13-10-4-3-5-11(10)24-16(13)18-7-17-15/h6-7,9H,3-5H2,1-2H3,(H,19,21). The molecule has 0 fully saturated rings. The van der Waals surface area contributed by atoms with Gasteiger partial charge in [-0.15, -0.1) is 11.3 Å². The van der Waals surface area contributed by atoms with E-state index in [0.29, 0.717) is 5.88 Å². The minimum absolute atomic E-state index is 0.130. The molecule has 3 aromatic heterocycles. The lowest BCUT2D eigenvalue weighted by atomic mass is 10.2. The molecule has 1 aliphatic rings. The highest BCUT2D eigenvalue weighted by Crippen LogP contribution is 2.40. The van der Waals surface area contributed by atoms with E-state index in [1.807, 2.05) is 13.8 Å². The zero-order valence-corrected chi connectivity index (χ0v) is 15.0. The number of carbonyl (C=O) groups excluding carboxylic acids is 1. The van der Waals surface area contributed by atoms with Crippen molar-refractivity contribution in [2.24, 2.45) is 0 Å². The Labute approximate surface area is 147 Å². The van der Waals surface area contributed by atoms with Gasteiger partial charge in [-0.2, -0.15) is 0 Å². The van der Waals surface area contributed by atoms with Gasteiger partial charge in [0.1, 0.15) is 16.2 Å². The zero-order chi connectivity index (χ0) is 16.7. The molecule has 3 aromatic rings. The van der Waals surface area contributed by atoms with Crippen LogP contribution in [0.1, 0.15) is 29.5 Å². The summed E-state index contributed by atoms with van der Waals surface area (Å²) in [4.78, 5) is 23.6. The average molecular weight is 360 g/mol. The van der Waals surface area contributed by atoms with Gasteiger partial charge in [0.15, 0.2) is 0 Å². The lowest BCUT2D eigenvalue weighted by Crippen LogP contribution is -2.22. The summed E-state index contributed by atoms with van der Waals surface area (Å²) in [6.07, 6.45) is 4.98. The highest BCUT2D eigenvalue weighted by atomic mass is 32.2. The van der Waals surface area contributed by atoms with E-state index in [1.165, 1.54) is 28.6 Å². The molecule has 0 saturated heterocycles. The molecule has 24 heavy (non-hydrogen) atoms. The fourth-order valence-corrected chi connectivity index (χ4v) is 5.10. The second-order valence-electron chi connectivity index (χ2n) is 5.80. The topological polar surface area (TPSA) is 80.9 Å². The van der Waals surface area contributed by atoms with Crippen LogP contribution in [-0.4, -0.2) is 26.3 Å². The molecule has 1 aliphatic carbocycles. The van der Waals surface area contributed by atoms with E-state index in [1.54, 1.807) is 23.7 Å². The molecule has 0 aromatic carbocycles. The maximum Gasteiger partial charge on any atom is 0.240 e. The van der Waals surface area contributed by atoms with Crippen LogP contribution in [0.3, 0.4) is 0 Å². The van der Waals surface area contributed by atoms with Crippen LogP contribution in [-0.2, 0) is 17.6 Å². The van der Waals surface area contributed by atoms with Gasteiger partial charge < -0.3 is 4.52 Å². The lowest BCUT2D eigenvalue weighted by molar-refractivity contribution is -0.115. The number of fused-ring (bicyclic) bond motifs is 3. The molecule has 3 heterocycles. The van der Waals surface area contributed by atoms with Crippen molar-refractivity contribution >= 4 is 45.1 Å². The number of nitrogens with zero attached hydrogens (tertiary/aromatic N) is 3. The van der Waals surface area contributed by atoms with Crippen molar-refractivity contribution in [2.75, 3.05) is 5.32 Å². The smallest absolute Gasteiger partial charge is 0.240 e. The number of amides is 1. The van der Waals surface area contributed by atoms with Crippen molar-refractivity contribution in [3.05, 3.63) is 28.5 Å². The number of thiophene rings is 1. The molecule has 8 heteroatoms. The molecule has 1 amide bonds. The van der Waals surface area contributed by atoms with Crippen LogP contribution in [0.4, 0.5) is 5.88 Å². The molecule has 0 radical (unpaired) electrons. The van der Waals surface area contributed by atoms with Crippen LogP contribution in [0.15, 0.2) is 21.9 Å². The Morgan fingerprint density at radius 3 is 3.08 bits per heavy atom. The molecule has 0 aliphatic heterocycles. The van der Waals surface area contributed by atoms with E-state index in [-0.39, 0.29) is 11.2 Å². The van der Waals surface area contributed by atoms with Gasteiger partial charge in [0.2, 0.25) is 11.8 Å². The Morgan fingerprint density at radius 1 is 1.42 bits per heavy atom. The largest absolute Gasteiger partial charge is 0.338 e. The summed E-state index contributed by atoms with van der Waals surface area (Å²) in [7, 11) is 0. The molecule has 1 unspecified atom stereocenters. The van der Waals surface area contributed by atoms with Gasteiger partial charge in [0.25, 0.3) is 0 Å². The first-order valence-electron chi connectivity index (χ1n) is 7.78. The maximum absolute atomic E-state index is 12.4. The van der Waals surface area contributed by atoms with E-state index in [4.69, 9.17) is 4.52 Å². The average Bonchev–Trinajstić information content (AvgIpc) is 3.23. The summed E-state index contributed by atoms with van der Waals surface area (Å²) >= 11 is 3.21. The van der Waals surface area contributed by atoms with Gasteiger partial charge in [-0.05, 0) is 38.7 Å². The molecule has 0 saturated carbocycles. The predicted octanol–water partition coefficient (Wildman–Crippen LogP) is 3.60. The molecule has 1 N–H and O–H groups in total. The second kappa shape index (κ2) is 6.18. The maximum atomic E-state index is 12.4. The van der Waals surface area contributed by atoms with Crippen LogP contribution in [0, 0.1) is 6.92 Å². The van der Waals surface area contributed by atoms with Gasteiger partial charge in [-0.3, -0.25) is 10.1 Å². The summed E-state index contributed by atoms with van der Waals surface area (Å²) in [5, 5.41) is 8.24. The zero-order valence-electron chi connectivity index (χ0n) is 13.3. The van der Waals surface area contributed by atoms with E-state index in [9.17, 15) is 4.79 Å². The van der Waals surface area contributed by atoms with Crippen molar-refractivity contribution in [3.63, 3.8) is 0 Å². The first-order chi connectivity index (χ1) is 11.6. The number of anilines is 1. The third-order valence-electron chi connectivity index (χ3n) is 4.00. The minimum Gasteiger partial charge on any atom is -0.338 e. The molecule has 0 spiro atoms. The van der Waals surface area contributed by atoms with Crippen molar-refractivity contribution in [3.8, 4) is 0 Å². The van der Waals surface area contributed by atoms with Crippen LogP contribution < -0.4 is 5.32 Å². The molecule has 1 atom stereocenters. The van der Waals surface area contributed by atoms with E-state index < -0.39 is 0 Å². The van der Waals surface area contributed by atoms with Crippen LogP contribution in [0.25, 0.3) is 10.2 Å². The number of aromatic nitrogens is 3.